The number of carbonyl (C=O) groups excluding carboxylic acids is 3. The molecule has 0 radical (unpaired) electrons. The van der Waals surface area contributed by atoms with Gasteiger partial charge in [-0.1, -0.05) is 23.8 Å². The number of rotatable bonds is 7. The number of nitrogens with zero attached hydrogens (tertiary/aromatic N) is 2. The number of benzene rings is 1. The summed E-state index contributed by atoms with van der Waals surface area (Å²) in [6, 6.07) is 14.7. The lowest BCUT2D eigenvalue weighted by atomic mass is 9.97. The van der Waals surface area contributed by atoms with Gasteiger partial charge in [0.2, 0.25) is 17.7 Å². The second-order valence-electron chi connectivity index (χ2n) is 7.92. The van der Waals surface area contributed by atoms with Gasteiger partial charge in [0, 0.05) is 24.0 Å². The number of thiophene rings is 1. The Hall–Kier alpha value is -3.39. The Balaban J connectivity index is 1.50. The highest BCUT2D eigenvalue weighted by molar-refractivity contribution is 7.10. The molecule has 2 atom stereocenters. The van der Waals surface area contributed by atoms with E-state index in [1.54, 1.807) is 30.3 Å². The largest absolute Gasteiger partial charge is 0.467 e. The molecule has 166 valence electrons. The first-order valence-electron chi connectivity index (χ1n) is 10.4. The predicted octanol–water partition coefficient (Wildman–Crippen LogP) is 3.52. The Morgan fingerprint density at radius 2 is 1.97 bits per heavy atom. The average Bonchev–Trinajstić information content (AvgIpc) is 3.53. The van der Waals surface area contributed by atoms with Gasteiger partial charge in [-0.2, -0.15) is 0 Å². The molecule has 0 unspecified atom stereocenters. The van der Waals surface area contributed by atoms with Crippen LogP contribution in [0.2, 0.25) is 0 Å². The van der Waals surface area contributed by atoms with Gasteiger partial charge >= 0.3 is 0 Å². The summed E-state index contributed by atoms with van der Waals surface area (Å²) in [5, 5.41) is 4.69. The molecular weight excluding hydrogens is 426 g/mol. The molecule has 1 aromatic carbocycles. The molecule has 0 spiro atoms. The van der Waals surface area contributed by atoms with Crippen LogP contribution in [0.25, 0.3) is 0 Å². The molecule has 3 amide bonds. The van der Waals surface area contributed by atoms with E-state index >= 15 is 0 Å². The number of furan rings is 1. The summed E-state index contributed by atoms with van der Waals surface area (Å²) in [6.45, 7) is 2.16. The van der Waals surface area contributed by atoms with Crippen LogP contribution in [-0.4, -0.2) is 36.2 Å². The second kappa shape index (κ2) is 9.40. The number of anilines is 1. The number of nitrogens with one attached hydrogen (secondary N) is 1. The van der Waals surface area contributed by atoms with E-state index in [-0.39, 0.29) is 37.2 Å². The summed E-state index contributed by atoms with van der Waals surface area (Å²) >= 11 is 1.52. The van der Waals surface area contributed by atoms with Crippen molar-refractivity contribution in [1.82, 2.24) is 10.2 Å². The van der Waals surface area contributed by atoms with Crippen molar-refractivity contribution in [3.05, 3.63) is 76.4 Å². The Kier molecular flexibility index (Phi) is 6.41. The number of aryl methyl sites for hydroxylation is 1. The zero-order chi connectivity index (χ0) is 22.7. The Labute approximate surface area is 190 Å². The van der Waals surface area contributed by atoms with Crippen molar-refractivity contribution in [3.8, 4) is 0 Å². The van der Waals surface area contributed by atoms with Crippen LogP contribution in [0.5, 0.6) is 0 Å². The molecule has 7 nitrogen and oxygen atoms in total. The van der Waals surface area contributed by atoms with Crippen LogP contribution in [-0.2, 0) is 20.9 Å². The first-order chi connectivity index (χ1) is 15.4. The lowest BCUT2D eigenvalue weighted by molar-refractivity contribution is -0.138. The summed E-state index contributed by atoms with van der Waals surface area (Å²) < 4.78 is 5.21. The minimum atomic E-state index is -0.565. The van der Waals surface area contributed by atoms with Crippen LogP contribution in [0.3, 0.4) is 0 Å². The Morgan fingerprint density at radius 3 is 2.62 bits per heavy atom. The third kappa shape index (κ3) is 4.60. The van der Waals surface area contributed by atoms with Crippen LogP contribution in [0, 0.1) is 12.8 Å². The standard InChI is InChI=1S/C24H25N3O4S/c1-16-7-9-17(10-8-16)27-22(29)13-19(23(27)20-6-4-12-32-20)24(30)26(2)15-21(28)25-14-18-5-3-11-31-18/h3-12,19,23H,13-15H2,1-2H3,(H,25,28)/t19-,23-/m0/s1. The fourth-order valence-corrected chi connectivity index (χ4v) is 4.86. The van der Waals surface area contributed by atoms with Gasteiger partial charge < -0.3 is 19.5 Å². The number of amides is 3. The van der Waals surface area contributed by atoms with E-state index in [2.05, 4.69) is 5.32 Å². The number of carbonyl (C=O) groups is 3. The SMILES string of the molecule is Cc1ccc(N2C(=O)C[C@H](C(=O)N(C)CC(=O)NCc3ccco3)[C@H]2c2cccs2)cc1. The Bertz CT molecular complexity index is 1080. The highest BCUT2D eigenvalue weighted by atomic mass is 32.1. The maximum absolute atomic E-state index is 13.3. The van der Waals surface area contributed by atoms with Crippen LogP contribution in [0.1, 0.15) is 28.7 Å². The number of hydrogen-bond donors (Lipinski definition) is 1. The summed E-state index contributed by atoms with van der Waals surface area (Å²) in [4.78, 5) is 42.8. The van der Waals surface area contributed by atoms with Crippen molar-refractivity contribution in [1.29, 1.82) is 0 Å². The Morgan fingerprint density at radius 1 is 1.19 bits per heavy atom. The molecule has 3 heterocycles. The molecule has 3 aromatic rings. The maximum Gasteiger partial charge on any atom is 0.239 e. The van der Waals surface area contributed by atoms with Crippen molar-refractivity contribution in [2.24, 2.45) is 5.92 Å². The summed E-state index contributed by atoms with van der Waals surface area (Å²) in [7, 11) is 1.60. The van der Waals surface area contributed by atoms with Gasteiger partial charge in [0.1, 0.15) is 5.76 Å². The van der Waals surface area contributed by atoms with E-state index < -0.39 is 12.0 Å². The molecule has 4 rings (SSSR count). The molecule has 1 saturated heterocycles. The molecule has 2 aromatic heterocycles. The average molecular weight is 452 g/mol. The third-order valence-electron chi connectivity index (χ3n) is 5.58. The molecule has 8 heteroatoms. The van der Waals surface area contributed by atoms with E-state index in [9.17, 15) is 14.4 Å². The maximum atomic E-state index is 13.3. The molecule has 1 aliphatic heterocycles. The van der Waals surface area contributed by atoms with Gasteiger partial charge in [0.05, 0.1) is 31.3 Å². The molecule has 0 saturated carbocycles. The van der Waals surface area contributed by atoms with E-state index in [0.717, 1.165) is 16.1 Å². The van der Waals surface area contributed by atoms with E-state index in [1.807, 2.05) is 48.7 Å². The van der Waals surface area contributed by atoms with E-state index in [1.165, 1.54) is 16.2 Å². The van der Waals surface area contributed by atoms with Crippen molar-refractivity contribution >= 4 is 34.7 Å². The van der Waals surface area contributed by atoms with Gasteiger partial charge in [0.15, 0.2) is 0 Å². The lowest BCUT2D eigenvalue weighted by Gasteiger charge is -2.29. The monoisotopic (exact) mass is 451 g/mol. The quantitative estimate of drug-likeness (QED) is 0.596. The highest BCUT2D eigenvalue weighted by Gasteiger charge is 2.46. The topological polar surface area (TPSA) is 82.9 Å². The third-order valence-corrected chi connectivity index (χ3v) is 6.53. The molecule has 0 bridgehead atoms. The minimum absolute atomic E-state index is 0.0913. The van der Waals surface area contributed by atoms with Crippen LogP contribution in [0.4, 0.5) is 5.69 Å². The smallest absolute Gasteiger partial charge is 0.239 e. The van der Waals surface area contributed by atoms with Crippen molar-refractivity contribution < 1.29 is 18.8 Å². The number of likely N-dealkylation sites (N-methyl/N-ethyl adjacent to an activating group) is 1. The normalized spacial score (nSPS) is 18.1. The predicted molar refractivity (Wildman–Crippen MR) is 122 cm³/mol. The molecule has 0 aliphatic carbocycles. The van der Waals surface area contributed by atoms with E-state index in [0.29, 0.717) is 5.76 Å². The van der Waals surface area contributed by atoms with Gasteiger partial charge in [-0.15, -0.1) is 11.3 Å². The summed E-state index contributed by atoms with van der Waals surface area (Å²) in [6.07, 6.45) is 1.65. The zero-order valence-electron chi connectivity index (χ0n) is 18.0. The summed E-state index contributed by atoms with van der Waals surface area (Å²) in [5.41, 5.74) is 1.87. The fraction of sp³-hybridized carbons (Fsp3) is 0.292. The molecule has 1 aliphatic rings. The molecule has 1 fully saturated rings. The number of hydrogen-bond acceptors (Lipinski definition) is 5. The molecular formula is C24H25N3O4S. The second-order valence-corrected chi connectivity index (χ2v) is 8.90. The highest BCUT2D eigenvalue weighted by Crippen LogP contribution is 2.43. The lowest BCUT2D eigenvalue weighted by Crippen LogP contribution is -2.42. The first kappa shape index (κ1) is 21.8. The van der Waals surface area contributed by atoms with Crippen molar-refractivity contribution in [3.63, 3.8) is 0 Å². The summed E-state index contributed by atoms with van der Waals surface area (Å²) in [5.74, 6) is -0.532. The van der Waals surface area contributed by atoms with Gasteiger partial charge in [-0.05, 0) is 42.6 Å². The van der Waals surface area contributed by atoms with Crippen LogP contribution >= 0.6 is 11.3 Å². The zero-order valence-corrected chi connectivity index (χ0v) is 18.8. The van der Waals surface area contributed by atoms with Crippen molar-refractivity contribution in [2.45, 2.75) is 25.9 Å². The van der Waals surface area contributed by atoms with Crippen LogP contribution < -0.4 is 10.2 Å². The van der Waals surface area contributed by atoms with Gasteiger partial charge in [-0.3, -0.25) is 14.4 Å². The first-order valence-corrected chi connectivity index (χ1v) is 11.3. The van der Waals surface area contributed by atoms with Crippen LogP contribution in [0.15, 0.2) is 64.6 Å². The van der Waals surface area contributed by atoms with Gasteiger partial charge in [0.25, 0.3) is 0 Å². The van der Waals surface area contributed by atoms with E-state index in [4.69, 9.17) is 4.42 Å². The van der Waals surface area contributed by atoms with Gasteiger partial charge in [-0.25, -0.2) is 0 Å². The fourth-order valence-electron chi connectivity index (χ4n) is 3.98. The minimum Gasteiger partial charge on any atom is -0.467 e. The molecule has 1 N–H and O–H groups in total. The van der Waals surface area contributed by atoms with Crippen molar-refractivity contribution in [2.75, 3.05) is 18.5 Å². The molecule has 32 heavy (non-hydrogen) atoms.